The molecule has 1 aromatic carbocycles. The zero-order valence-corrected chi connectivity index (χ0v) is 10.9. The molecule has 2 N–H and O–H groups in total. The van der Waals surface area contributed by atoms with Crippen LogP contribution in [-0.4, -0.2) is 27.7 Å². The first-order valence-electron chi connectivity index (χ1n) is 5.80. The van der Waals surface area contributed by atoms with Crippen LogP contribution < -0.4 is 10.6 Å². The number of nitrogens with zero attached hydrogens (tertiary/aromatic N) is 3. The summed E-state index contributed by atoms with van der Waals surface area (Å²) < 4.78 is 28.7. The maximum Gasteiger partial charge on any atom is 0.251 e. The number of carbonyl (C=O) groups excluding carboxylic acids is 1. The summed E-state index contributed by atoms with van der Waals surface area (Å²) in [7, 11) is 3.12. The van der Waals surface area contributed by atoms with Crippen LogP contribution in [0.1, 0.15) is 16.2 Å². The summed E-state index contributed by atoms with van der Waals surface area (Å²) in [5, 5.41) is 12.3. The number of nitrogens with one attached hydrogen (secondary N) is 2. The molecule has 0 bridgehead atoms. The number of rotatable bonds is 4. The molecule has 0 atom stereocenters. The van der Waals surface area contributed by atoms with Crippen molar-refractivity contribution < 1.29 is 13.6 Å². The topological polar surface area (TPSA) is 71.8 Å². The van der Waals surface area contributed by atoms with Gasteiger partial charge in [-0.2, -0.15) is 0 Å². The van der Waals surface area contributed by atoms with E-state index in [-0.39, 0.29) is 17.8 Å². The number of anilines is 1. The highest BCUT2D eigenvalue weighted by molar-refractivity contribution is 5.94. The molecule has 0 aliphatic carbocycles. The number of hydrogen-bond acceptors (Lipinski definition) is 4. The second kappa shape index (κ2) is 5.64. The maximum absolute atomic E-state index is 13.5. The summed E-state index contributed by atoms with van der Waals surface area (Å²) in [6.45, 7) is 0.117. The molecule has 0 radical (unpaired) electrons. The van der Waals surface area contributed by atoms with Crippen molar-refractivity contribution >= 4 is 11.6 Å². The third kappa shape index (κ3) is 2.73. The highest BCUT2D eigenvalue weighted by atomic mass is 19.1. The van der Waals surface area contributed by atoms with E-state index >= 15 is 0 Å². The lowest BCUT2D eigenvalue weighted by atomic mass is 10.1. The van der Waals surface area contributed by atoms with Crippen LogP contribution in [0, 0.1) is 11.6 Å². The predicted octanol–water partition coefficient (Wildman–Crippen LogP) is 1.06. The Kier molecular flexibility index (Phi) is 3.92. The Labute approximate surface area is 113 Å². The number of halogens is 2. The lowest BCUT2D eigenvalue weighted by Crippen LogP contribution is -2.24. The van der Waals surface area contributed by atoms with Crippen LogP contribution in [0.5, 0.6) is 0 Å². The highest BCUT2D eigenvalue weighted by Gasteiger charge is 2.14. The van der Waals surface area contributed by atoms with Crippen molar-refractivity contribution in [3.8, 4) is 0 Å². The Balaban J connectivity index is 2.12. The summed E-state index contributed by atoms with van der Waals surface area (Å²) >= 11 is 0. The van der Waals surface area contributed by atoms with Gasteiger partial charge in [-0.15, -0.1) is 10.2 Å². The molecule has 6 nitrogen and oxygen atoms in total. The number of aryl methyl sites for hydroxylation is 1. The molecule has 0 unspecified atom stereocenters. The summed E-state index contributed by atoms with van der Waals surface area (Å²) in [6, 6.07) is 1.95. The molecular weight excluding hydrogens is 268 g/mol. The van der Waals surface area contributed by atoms with Crippen molar-refractivity contribution in [2.75, 3.05) is 12.4 Å². The second-order valence-corrected chi connectivity index (χ2v) is 4.11. The van der Waals surface area contributed by atoms with Crippen molar-refractivity contribution in [1.29, 1.82) is 0 Å². The molecule has 1 aromatic heterocycles. The molecule has 8 heteroatoms. The number of benzene rings is 1. The minimum Gasteiger partial charge on any atom is -0.383 e. The van der Waals surface area contributed by atoms with E-state index in [1.54, 1.807) is 11.6 Å². The Bertz CT molecular complexity index is 618. The van der Waals surface area contributed by atoms with E-state index in [9.17, 15) is 13.6 Å². The Hall–Kier alpha value is -2.51. The quantitative estimate of drug-likeness (QED) is 0.879. The number of carbonyl (C=O) groups is 1. The van der Waals surface area contributed by atoms with Crippen LogP contribution >= 0.6 is 0 Å². The van der Waals surface area contributed by atoms with Crippen molar-refractivity contribution in [2.24, 2.45) is 7.05 Å². The van der Waals surface area contributed by atoms with Gasteiger partial charge < -0.3 is 15.2 Å². The van der Waals surface area contributed by atoms with E-state index in [2.05, 4.69) is 20.8 Å². The molecular formula is C12H13F2N5O. The summed E-state index contributed by atoms with van der Waals surface area (Å²) in [4.78, 5) is 11.8. The highest BCUT2D eigenvalue weighted by Crippen LogP contribution is 2.20. The minimum atomic E-state index is -0.823. The van der Waals surface area contributed by atoms with Crippen LogP contribution in [0.3, 0.4) is 0 Å². The van der Waals surface area contributed by atoms with E-state index < -0.39 is 17.5 Å². The zero-order chi connectivity index (χ0) is 14.7. The molecule has 106 valence electrons. The van der Waals surface area contributed by atoms with Gasteiger partial charge in [0.2, 0.25) is 0 Å². The van der Waals surface area contributed by atoms with Gasteiger partial charge >= 0.3 is 0 Å². The van der Waals surface area contributed by atoms with Crippen molar-refractivity contribution in [3.05, 3.63) is 41.5 Å². The number of amides is 1. The van der Waals surface area contributed by atoms with Crippen LogP contribution in [0.4, 0.5) is 14.5 Å². The molecule has 20 heavy (non-hydrogen) atoms. The largest absolute Gasteiger partial charge is 0.383 e. The fourth-order valence-electron chi connectivity index (χ4n) is 1.67. The van der Waals surface area contributed by atoms with E-state index in [0.717, 1.165) is 12.1 Å². The van der Waals surface area contributed by atoms with Crippen LogP contribution in [0.2, 0.25) is 0 Å². The van der Waals surface area contributed by atoms with Gasteiger partial charge in [-0.3, -0.25) is 4.79 Å². The van der Waals surface area contributed by atoms with Gasteiger partial charge in [-0.05, 0) is 12.1 Å². The van der Waals surface area contributed by atoms with Gasteiger partial charge in [-0.1, -0.05) is 0 Å². The van der Waals surface area contributed by atoms with Crippen LogP contribution in [0.25, 0.3) is 0 Å². The third-order valence-electron chi connectivity index (χ3n) is 2.77. The van der Waals surface area contributed by atoms with Gasteiger partial charge in [-0.25, -0.2) is 8.78 Å². The second-order valence-electron chi connectivity index (χ2n) is 4.11. The van der Waals surface area contributed by atoms with E-state index in [1.807, 2.05) is 0 Å². The average Bonchev–Trinajstić information content (AvgIpc) is 2.81. The van der Waals surface area contributed by atoms with Gasteiger partial charge in [0.15, 0.2) is 5.82 Å². The number of aromatic nitrogens is 3. The van der Waals surface area contributed by atoms with E-state index in [4.69, 9.17) is 0 Å². The van der Waals surface area contributed by atoms with Crippen molar-refractivity contribution in [3.63, 3.8) is 0 Å². The zero-order valence-electron chi connectivity index (χ0n) is 10.9. The van der Waals surface area contributed by atoms with Crippen molar-refractivity contribution in [2.45, 2.75) is 6.54 Å². The molecule has 0 aliphatic rings. The van der Waals surface area contributed by atoms with Gasteiger partial charge in [0.1, 0.15) is 23.6 Å². The lowest BCUT2D eigenvalue weighted by Gasteiger charge is -2.08. The van der Waals surface area contributed by atoms with E-state index in [1.165, 1.54) is 13.4 Å². The molecule has 0 saturated heterocycles. The predicted molar refractivity (Wildman–Crippen MR) is 68.1 cm³/mol. The van der Waals surface area contributed by atoms with E-state index in [0.29, 0.717) is 5.82 Å². The fraction of sp³-hybridized carbons (Fsp3) is 0.250. The monoisotopic (exact) mass is 281 g/mol. The fourth-order valence-corrected chi connectivity index (χ4v) is 1.67. The molecule has 2 rings (SSSR count). The Morgan fingerprint density at radius 3 is 2.50 bits per heavy atom. The Morgan fingerprint density at radius 2 is 2.00 bits per heavy atom. The molecule has 0 spiro atoms. The minimum absolute atomic E-state index is 0.0961. The first-order valence-corrected chi connectivity index (χ1v) is 5.80. The molecule has 0 aliphatic heterocycles. The molecule has 0 fully saturated rings. The van der Waals surface area contributed by atoms with Crippen LogP contribution in [0.15, 0.2) is 18.5 Å². The molecule has 2 aromatic rings. The molecule has 1 amide bonds. The van der Waals surface area contributed by atoms with Gasteiger partial charge in [0.05, 0.1) is 6.54 Å². The van der Waals surface area contributed by atoms with Gasteiger partial charge in [0.25, 0.3) is 5.91 Å². The standard InChI is InChI=1S/C12H13F2N5O/c1-15-11-8(13)3-7(4-9(11)14)12(20)16-5-10-18-17-6-19(10)2/h3-4,6,15H,5H2,1-2H3,(H,16,20). The third-order valence-corrected chi connectivity index (χ3v) is 2.77. The average molecular weight is 281 g/mol. The SMILES string of the molecule is CNc1c(F)cc(C(=O)NCc2nncn2C)cc1F. The van der Waals surface area contributed by atoms with Crippen LogP contribution in [-0.2, 0) is 13.6 Å². The first kappa shape index (κ1) is 13.9. The normalized spacial score (nSPS) is 10.4. The maximum atomic E-state index is 13.5. The molecule has 1 heterocycles. The Morgan fingerprint density at radius 1 is 1.35 bits per heavy atom. The summed E-state index contributed by atoms with van der Waals surface area (Å²) in [5.74, 6) is -1.70. The smallest absolute Gasteiger partial charge is 0.251 e. The number of hydrogen-bond donors (Lipinski definition) is 2. The summed E-state index contributed by atoms with van der Waals surface area (Å²) in [6.07, 6.45) is 1.49. The lowest BCUT2D eigenvalue weighted by molar-refractivity contribution is 0.0948. The molecule has 0 saturated carbocycles. The first-order chi connectivity index (χ1) is 9.52. The van der Waals surface area contributed by atoms with Gasteiger partial charge in [0, 0.05) is 19.7 Å². The summed E-state index contributed by atoms with van der Waals surface area (Å²) in [5.41, 5.74) is -0.365. The van der Waals surface area contributed by atoms with Crippen molar-refractivity contribution in [1.82, 2.24) is 20.1 Å².